The van der Waals surface area contributed by atoms with Crippen molar-refractivity contribution in [2.75, 3.05) is 20.8 Å². The molecule has 1 N–H and O–H groups in total. The van der Waals surface area contributed by atoms with Crippen LogP contribution in [0.4, 0.5) is 0 Å². The third-order valence-electron chi connectivity index (χ3n) is 5.13. The molecule has 0 aliphatic carbocycles. The SMILES string of the molecule is COc1ccc(S(=O)(=O)N2CCCC2C(=O)NC(C)c2ccccc2)cc1OC. The second kappa shape index (κ2) is 8.84. The standard InChI is InChI=1S/C21H26N2O5S/c1-15(16-8-5-4-6-9-16)22-21(24)18-10-7-13-23(18)29(25,26)17-11-12-19(27-2)20(14-17)28-3/h4-6,8-9,11-12,14-15,18H,7,10,13H2,1-3H3,(H,22,24). The van der Waals surface area contributed by atoms with Crippen LogP contribution in [0, 0.1) is 0 Å². The number of sulfonamides is 1. The lowest BCUT2D eigenvalue weighted by molar-refractivity contribution is -0.124. The highest BCUT2D eigenvalue weighted by atomic mass is 32.2. The molecule has 2 aromatic carbocycles. The highest BCUT2D eigenvalue weighted by Crippen LogP contribution is 2.33. The van der Waals surface area contributed by atoms with Gasteiger partial charge in [-0.05, 0) is 37.5 Å². The summed E-state index contributed by atoms with van der Waals surface area (Å²) in [5.74, 6) is 0.480. The van der Waals surface area contributed by atoms with Crippen LogP contribution in [-0.2, 0) is 14.8 Å². The van der Waals surface area contributed by atoms with Gasteiger partial charge in [-0.25, -0.2) is 8.42 Å². The van der Waals surface area contributed by atoms with Gasteiger partial charge in [0.05, 0.1) is 25.2 Å². The van der Waals surface area contributed by atoms with Gasteiger partial charge < -0.3 is 14.8 Å². The van der Waals surface area contributed by atoms with Crippen molar-refractivity contribution < 1.29 is 22.7 Å². The number of ether oxygens (including phenoxy) is 2. The highest BCUT2D eigenvalue weighted by Gasteiger charge is 2.40. The molecule has 7 nitrogen and oxygen atoms in total. The van der Waals surface area contributed by atoms with E-state index in [1.54, 1.807) is 6.07 Å². The van der Waals surface area contributed by atoms with Crippen LogP contribution in [0.1, 0.15) is 31.4 Å². The molecule has 1 saturated heterocycles. The number of nitrogens with zero attached hydrogens (tertiary/aromatic N) is 1. The summed E-state index contributed by atoms with van der Waals surface area (Å²) < 4.78 is 38.1. The monoisotopic (exact) mass is 418 g/mol. The molecule has 0 aromatic heterocycles. The van der Waals surface area contributed by atoms with E-state index in [1.165, 1.54) is 30.7 Å². The zero-order valence-corrected chi connectivity index (χ0v) is 17.6. The molecule has 2 atom stereocenters. The van der Waals surface area contributed by atoms with Crippen molar-refractivity contribution in [2.45, 2.75) is 36.7 Å². The van der Waals surface area contributed by atoms with Crippen LogP contribution in [0.2, 0.25) is 0 Å². The number of carbonyl (C=O) groups excluding carboxylic acids is 1. The molecule has 3 rings (SSSR count). The fraction of sp³-hybridized carbons (Fsp3) is 0.381. The molecular weight excluding hydrogens is 392 g/mol. The van der Waals surface area contributed by atoms with Crippen molar-refractivity contribution in [1.29, 1.82) is 0 Å². The lowest BCUT2D eigenvalue weighted by atomic mass is 10.1. The van der Waals surface area contributed by atoms with Crippen molar-refractivity contribution in [2.24, 2.45) is 0 Å². The summed E-state index contributed by atoms with van der Waals surface area (Å²) in [6.07, 6.45) is 1.12. The molecule has 1 heterocycles. The maximum atomic E-state index is 13.2. The Kier molecular flexibility index (Phi) is 6.44. The van der Waals surface area contributed by atoms with Crippen LogP contribution in [0.25, 0.3) is 0 Å². The second-order valence-electron chi connectivity index (χ2n) is 6.93. The quantitative estimate of drug-likeness (QED) is 0.747. The number of nitrogens with one attached hydrogen (secondary N) is 1. The van der Waals surface area contributed by atoms with Gasteiger partial charge in [0.15, 0.2) is 11.5 Å². The Labute approximate surface area is 171 Å². The topological polar surface area (TPSA) is 84.9 Å². The number of amides is 1. The average molecular weight is 419 g/mol. The van der Waals surface area contributed by atoms with Crippen LogP contribution in [0.5, 0.6) is 11.5 Å². The van der Waals surface area contributed by atoms with E-state index in [2.05, 4.69) is 5.32 Å². The van der Waals surface area contributed by atoms with E-state index in [1.807, 2.05) is 37.3 Å². The minimum absolute atomic E-state index is 0.0750. The molecule has 2 unspecified atom stereocenters. The van der Waals surface area contributed by atoms with E-state index in [9.17, 15) is 13.2 Å². The molecule has 156 valence electrons. The molecule has 1 fully saturated rings. The van der Waals surface area contributed by atoms with E-state index in [-0.39, 0.29) is 16.8 Å². The normalized spacial score (nSPS) is 18.2. The number of rotatable bonds is 7. The minimum Gasteiger partial charge on any atom is -0.493 e. The van der Waals surface area contributed by atoms with Gasteiger partial charge in [0.1, 0.15) is 6.04 Å². The van der Waals surface area contributed by atoms with E-state index in [0.29, 0.717) is 30.9 Å². The first-order valence-electron chi connectivity index (χ1n) is 9.47. The highest BCUT2D eigenvalue weighted by molar-refractivity contribution is 7.89. The zero-order valence-electron chi connectivity index (χ0n) is 16.8. The van der Waals surface area contributed by atoms with E-state index in [0.717, 1.165) is 5.56 Å². The van der Waals surface area contributed by atoms with Crippen molar-refractivity contribution in [1.82, 2.24) is 9.62 Å². The summed E-state index contributed by atoms with van der Waals surface area (Å²) in [4.78, 5) is 13.0. The van der Waals surface area contributed by atoms with E-state index >= 15 is 0 Å². The molecule has 0 radical (unpaired) electrons. The summed E-state index contributed by atoms with van der Waals surface area (Å²) in [5.41, 5.74) is 0.966. The van der Waals surface area contributed by atoms with Crippen LogP contribution in [0.15, 0.2) is 53.4 Å². The molecule has 29 heavy (non-hydrogen) atoms. The predicted molar refractivity (Wildman–Crippen MR) is 109 cm³/mol. The van der Waals surface area contributed by atoms with Gasteiger partial charge in [-0.15, -0.1) is 0 Å². The molecular formula is C21H26N2O5S. The van der Waals surface area contributed by atoms with E-state index in [4.69, 9.17) is 9.47 Å². The third kappa shape index (κ3) is 4.38. The lowest BCUT2D eigenvalue weighted by Crippen LogP contribution is -2.46. The molecule has 2 aromatic rings. The Hall–Kier alpha value is -2.58. The maximum Gasteiger partial charge on any atom is 0.243 e. The van der Waals surface area contributed by atoms with Crippen LogP contribution in [-0.4, -0.2) is 45.4 Å². The number of hydrogen-bond donors (Lipinski definition) is 1. The van der Waals surface area contributed by atoms with Gasteiger partial charge in [0.25, 0.3) is 0 Å². The predicted octanol–water partition coefficient (Wildman–Crippen LogP) is 2.73. The largest absolute Gasteiger partial charge is 0.493 e. The Morgan fingerprint density at radius 1 is 1.10 bits per heavy atom. The summed E-state index contributed by atoms with van der Waals surface area (Å²) in [5, 5.41) is 2.94. The van der Waals surface area contributed by atoms with E-state index < -0.39 is 16.1 Å². The Morgan fingerprint density at radius 3 is 2.45 bits per heavy atom. The van der Waals surface area contributed by atoms with Crippen LogP contribution >= 0.6 is 0 Å². The van der Waals surface area contributed by atoms with Crippen molar-refractivity contribution in [3.63, 3.8) is 0 Å². The third-order valence-corrected chi connectivity index (χ3v) is 7.03. The molecule has 0 saturated carbocycles. The number of methoxy groups -OCH3 is 2. The van der Waals surface area contributed by atoms with Crippen molar-refractivity contribution in [3.05, 3.63) is 54.1 Å². The fourth-order valence-corrected chi connectivity index (χ4v) is 5.21. The Morgan fingerprint density at radius 2 is 1.79 bits per heavy atom. The molecule has 0 bridgehead atoms. The lowest BCUT2D eigenvalue weighted by Gasteiger charge is -2.25. The number of hydrogen-bond acceptors (Lipinski definition) is 5. The Bertz CT molecular complexity index is 962. The molecule has 8 heteroatoms. The van der Waals surface area contributed by atoms with Gasteiger partial charge in [-0.2, -0.15) is 4.31 Å². The molecule has 1 aliphatic heterocycles. The van der Waals surface area contributed by atoms with Gasteiger partial charge in [0.2, 0.25) is 15.9 Å². The second-order valence-corrected chi connectivity index (χ2v) is 8.82. The summed E-state index contributed by atoms with van der Waals surface area (Å²) in [7, 11) is -0.917. The van der Waals surface area contributed by atoms with Crippen LogP contribution in [0.3, 0.4) is 0 Å². The number of carbonyl (C=O) groups is 1. The average Bonchev–Trinajstić information content (AvgIpc) is 3.24. The first-order valence-corrected chi connectivity index (χ1v) is 10.9. The smallest absolute Gasteiger partial charge is 0.243 e. The van der Waals surface area contributed by atoms with Crippen LogP contribution < -0.4 is 14.8 Å². The maximum absolute atomic E-state index is 13.2. The van der Waals surface area contributed by atoms with Gasteiger partial charge in [-0.3, -0.25) is 4.79 Å². The van der Waals surface area contributed by atoms with Gasteiger partial charge in [-0.1, -0.05) is 30.3 Å². The minimum atomic E-state index is -3.85. The first-order chi connectivity index (χ1) is 13.9. The summed E-state index contributed by atoms with van der Waals surface area (Å²) in [6.45, 7) is 2.18. The van der Waals surface area contributed by atoms with Crippen molar-refractivity contribution in [3.8, 4) is 11.5 Å². The summed E-state index contributed by atoms with van der Waals surface area (Å²) >= 11 is 0. The fourth-order valence-electron chi connectivity index (χ4n) is 3.54. The molecule has 1 amide bonds. The summed E-state index contributed by atoms with van der Waals surface area (Å²) in [6, 6.07) is 13.1. The first kappa shape index (κ1) is 21.1. The zero-order chi connectivity index (χ0) is 21.0. The van der Waals surface area contributed by atoms with Gasteiger partial charge in [0, 0.05) is 12.6 Å². The molecule has 1 aliphatic rings. The Balaban J connectivity index is 1.81. The number of benzene rings is 2. The molecule has 0 spiro atoms. The van der Waals surface area contributed by atoms with Gasteiger partial charge >= 0.3 is 0 Å². The van der Waals surface area contributed by atoms with Crippen molar-refractivity contribution >= 4 is 15.9 Å².